The fourth-order valence-electron chi connectivity index (χ4n) is 2.24. The van der Waals surface area contributed by atoms with Crippen molar-refractivity contribution in [2.24, 2.45) is 5.92 Å². The SMILES string of the molecule is CC(Oc1ccc(Br)cc1)C(=O)Nc1ccc(NC(=O)C2CC2)cc1. The summed E-state index contributed by atoms with van der Waals surface area (Å²) in [5.41, 5.74) is 1.38. The van der Waals surface area contributed by atoms with Crippen LogP contribution in [0.3, 0.4) is 0 Å². The van der Waals surface area contributed by atoms with Crippen molar-refractivity contribution in [1.82, 2.24) is 0 Å². The maximum atomic E-state index is 12.2. The molecule has 25 heavy (non-hydrogen) atoms. The number of hydrogen-bond donors (Lipinski definition) is 2. The number of amides is 2. The molecule has 0 spiro atoms. The number of ether oxygens (including phenoxy) is 1. The molecule has 1 atom stereocenters. The van der Waals surface area contributed by atoms with Crippen LogP contribution in [0.5, 0.6) is 5.75 Å². The van der Waals surface area contributed by atoms with Crippen molar-refractivity contribution in [3.05, 3.63) is 53.0 Å². The summed E-state index contributed by atoms with van der Waals surface area (Å²) in [5, 5.41) is 5.67. The van der Waals surface area contributed by atoms with Gasteiger partial charge in [-0.05, 0) is 68.3 Å². The summed E-state index contributed by atoms with van der Waals surface area (Å²) in [7, 11) is 0. The molecule has 2 aromatic carbocycles. The summed E-state index contributed by atoms with van der Waals surface area (Å²) in [6.45, 7) is 1.70. The predicted molar refractivity (Wildman–Crippen MR) is 101 cm³/mol. The average molecular weight is 403 g/mol. The van der Waals surface area contributed by atoms with Gasteiger partial charge in [0, 0.05) is 21.8 Å². The number of halogens is 1. The Morgan fingerprint density at radius 3 is 2.12 bits per heavy atom. The molecule has 5 nitrogen and oxygen atoms in total. The smallest absolute Gasteiger partial charge is 0.265 e. The normalized spacial score (nSPS) is 14.5. The molecule has 1 aliphatic rings. The largest absolute Gasteiger partial charge is 0.481 e. The van der Waals surface area contributed by atoms with Gasteiger partial charge in [-0.15, -0.1) is 0 Å². The highest BCUT2D eigenvalue weighted by atomic mass is 79.9. The van der Waals surface area contributed by atoms with Crippen molar-refractivity contribution >= 4 is 39.1 Å². The number of nitrogens with one attached hydrogen (secondary N) is 2. The Kier molecular flexibility index (Phi) is 5.38. The number of anilines is 2. The molecule has 0 saturated heterocycles. The van der Waals surface area contributed by atoms with Crippen LogP contribution in [0.25, 0.3) is 0 Å². The lowest BCUT2D eigenvalue weighted by Crippen LogP contribution is -2.30. The highest BCUT2D eigenvalue weighted by Gasteiger charge is 2.29. The van der Waals surface area contributed by atoms with E-state index in [1.54, 1.807) is 43.3 Å². The molecule has 2 N–H and O–H groups in total. The third kappa shape index (κ3) is 5.06. The third-order valence-corrected chi connectivity index (χ3v) is 4.39. The second kappa shape index (κ2) is 7.70. The van der Waals surface area contributed by atoms with E-state index in [0.29, 0.717) is 11.4 Å². The number of hydrogen-bond acceptors (Lipinski definition) is 3. The Morgan fingerprint density at radius 1 is 1.00 bits per heavy atom. The molecule has 2 amide bonds. The van der Waals surface area contributed by atoms with Crippen LogP contribution in [-0.2, 0) is 9.59 Å². The minimum atomic E-state index is -0.629. The number of carbonyl (C=O) groups excluding carboxylic acids is 2. The minimum Gasteiger partial charge on any atom is -0.481 e. The fourth-order valence-corrected chi connectivity index (χ4v) is 2.51. The van der Waals surface area contributed by atoms with Gasteiger partial charge in [0.25, 0.3) is 5.91 Å². The molecule has 0 aromatic heterocycles. The van der Waals surface area contributed by atoms with E-state index in [0.717, 1.165) is 23.0 Å². The van der Waals surface area contributed by atoms with Crippen molar-refractivity contribution in [3.63, 3.8) is 0 Å². The van der Waals surface area contributed by atoms with Gasteiger partial charge in [-0.2, -0.15) is 0 Å². The first kappa shape index (κ1) is 17.5. The van der Waals surface area contributed by atoms with Gasteiger partial charge in [0.05, 0.1) is 0 Å². The Labute approximate surface area is 154 Å². The van der Waals surface area contributed by atoms with Gasteiger partial charge in [-0.1, -0.05) is 15.9 Å². The van der Waals surface area contributed by atoms with Crippen molar-refractivity contribution in [2.75, 3.05) is 10.6 Å². The van der Waals surface area contributed by atoms with Crippen molar-refractivity contribution < 1.29 is 14.3 Å². The summed E-state index contributed by atoms with van der Waals surface area (Å²) >= 11 is 3.36. The Hall–Kier alpha value is -2.34. The summed E-state index contributed by atoms with van der Waals surface area (Å²) in [6.07, 6.45) is 1.31. The molecule has 2 aromatic rings. The van der Waals surface area contributed by atoms with Crippen LogP contribution in [0.4, 0.5) is 11.4 Å². The van der Waals surface area contributed by atoms with Crippen LogP contribution in [-0.4, -0.2) is 17.9 Å². The molecule has 130 valence electrons. The average Bonchev–Trinajstić information content (AvgIpc) is 3.43. The highest BCUT2D eigenvalue weighted by molar-refractivity contribution is 9.10. The third-order valence-electron chi connectivity index (χ3n) is 3.86. The van der Waals surface area contributed by atoms with E-state index in [4.69, 9.17) is 4.74 Å². The van der Waals surface area contributed by atoms with Crippen molar-refractivity contribution in [3.8, 4) is 5.75 Å². The molecule has 1 aliphatic carbocycles. The van der Waals surface area contributed by atoms with Crippen LogP contribution in [0.1, 0.15) is 19.8 Å². The first-order chi connectivity index (χ1) is 12.0. The zero-order valence-electron chi connectivity index (χ0n) is 13.8. The number of benzene rings is 2. The molecule has 1 unspecified atom stereocenters. The maximum Gasteiger partial charge on any atom is 0.265 e. The lowest BCUT2D eigenvalue weighted by Gasteiger charge is -2.15. The van der Waals surface area contributed by atoms with Gasteiger partial charge in [0.15, 0.2) is 6.10 Å². The summed E-state index contributed by atoms with van der Waals surface area (Å²) in [4.78, 5) is 23.9. The van der Waals surface area contributed by atoms with Gasteiger partial charge >= 0.3 is 0 Å². The van der Waals surface area contributed by atoms with E-state index in [2.05, 4.69) is 26.6 Å². The van der Waals surface area contributed by atoms with Gasteiger partial charge in [-0.3, -0.25) is 9.59 Å². The number of carbonyl (C=O) groups is 2. The van der Waals surface area contributed by atoms with E-state index < -0.39 is 6.10 Å². The lowest BCUT2D eigenvalue weighted by atomic mass is 10.2. The standard InChI is InChI=1S/C19H19BrN2O3/c1-12(25-17-10-4-14(20)5-11-17)18(23)21-15-6-8-16(9-7-15)22-19(24)13-2-3-13/h4-13H,2-3H2,1H3,(H,21,23)(H,22,24). The maximum absolute atomic E-state index is 12.2. The van der Waals surface area contributed by atoms with Gasteiger partial charge in [0.1, 0.15) is 5.75 Å². The molecule has 3 rings (SSSR count). The van der Waals surface area contributed by atoms with Gasteiger partial charge < -0.3 is 15.4 Å². The van der Waals surface area contributed by atoms with E-state index in [9.17, 15) is 9.59 Å². The topological polar surface area (TPSA) is 67.4 Å². The minimum absolute atomic E-state index is 0.0632. The van der Waals surface area contributed by atoms with Gasteiger partial charge in [0.2, 0.25) is 5.91 Å². The fraction of sp³-hybridized carbons (Fsp3) is 0.263. The van der Waals surface area contributed by atoms with Gasteiger partial charge in [-0.25, -0.2) is 0 Å². The van der Waals surface area contributed by atoms with E-state index in [1.165, 1.54) is 0 Å². The predicted octanol–water partition coefficient (Wildman–Crippen LogP) is 4.20. The zero-order chi connectivity index (χ0) is 17.8. The van der Waals surface area contributed by atoms with Crippen LogP contribution >= 0.6 is 15.9 Å². The monoisotopic (exact) mass is 402 g/mol. The molecule has 1 saturated carbocycles. The molecular weight excluding hydrogens is 384 g/mol. The van der Waals surface area contributed by atoms with Crippen molar-refractivity contribution in [2.45, 2.75) is 25.9 Å². The van der Waals surface area contributed by atoms with Crippen LogP contribution in [0.2, 0.25) is 0 Å². The first-order valence-corrected chi connectivity index (χ1v) is 8.94. The highest BCUT2D eigenvalue weighted by Crippen LogP contribution is 2.30. The molecule has 0 radical (unpaired) electrons. The summed E-state index contributed by atoms with van der Waals surface area (Å²) in [5.74, 6) is 0.617. The molecule has 0 heterocycles. The molecular formula is C19H19BrN2O3. The van der Waals surface area contributed by atoms with E-state index >= 15 is 0 Å². The second-order valence-electron chi connectivity index (χ2n) is 6.04. The van der Waals surface area contributed by atoms with Crippen LogP contribution in [0.15, 0.2) is 53.0 Å². The Morgan fingerprint density at radius 2 is 1.56 bits per heavy atom. The Bertz CT molecular complexity index is 755. The molecule has 6 heteroatoms. The lowest BCUT2D eigenvalue weighted by molar-refractivity contribution is -0.122. The van der Waals surface area contributed by atoms with Crippen molar-refractivity contribution in [1.29, 1.82) is 0 Å². The molecule has 0 aliphatic heterocycles. The van der Waals surface area contributed by atoms with E-state index in [-0.39, 0.29) is 17.7 Å². The van der Waals surface area contributed by atoms with E-state index in [1.807, 2.05) is 12.1 Å². The summed E-state index contributed by atoms with van der Waals surface area (Å²) < 4.78 is 6.57. The second-order valence-corrected chi connectivity index (χ2v) is 6.96. The molecule has 1 fully saturated rings. The zero-order valence-corrected chi connectivity index (χ0v) is 15.4. The summed E-state index contributed by atoms with van der Waals surface area (Å²) in [6, 6.07) is 14.4. The van der Waals surface area contributed by atoms with Crippen LogP contribution < -0.4 is 15.4 Å². The Balaban J connectivity index is 1.52. The molecule has 0 bridgehead atoms. The quantitative estimate of drug-likeness (QED) is 0.760. The number of rotatable bonds is 6. The van der Waals surface area contributed by atoms with Crippen LogP contribution in [0, 0.1) is 5.92 Å². The first-order valence-electron chi connectivity index (χ1n) is 8.15.